The molecule has 3 aromatic rings. The van der Waals surface area contributed by atoms with Gasteiger partial charge in [0, 0.05) is 11.1 Å². The van der Waals surface area contributed by atoms with Gasteiger partial charge in [-0.25, -0.2) is 4.98 Å². The van der Waals surface area contributed by atoms with E-state index in [0.29, 0.717) is 21.5 Å². The van der Waals surface area contributed by atoms with Crippen molar-refractivity contribution in [2.75, 3.05) is 0 Å². The summed E-state index contributed by atoms with van der Waals surface area (Å²) in [5.74, 6) is 0.549. The number of aromatic nitrogens is 2. The van der Waals surface area contributed by atoms with E-state index in [1.807, 2.05) is 24.3 Å². The second-order valence-electron chi connectivity index (χ2n) is 4.87. The summed E-state index contributed by atoms with van der Waals surface area (Å²) >= 11 is 8.82. The fourth-order valence-electron chi connectivity index (χ4n) is 2.36. The predicted octanol–water partition coefficient (Wildman–Crippen LogP) is 5.67. The Bertz CT molecular complexity index is 934. The van der Waals surface area contributed by atoms with Crippen LogP contribution in [0, 0.1) is 4.64 Å². The molecule has 2 aromatic carbocycles. The van der Waals surface area contributed by atoms with Crippen molar-refractivity contribution in [2.45, 2.75) is 11.5 Å². The SMILES string of the molecule is FC(F)(F)c1cccc(-n2c(CBr)nc3ccccc3c2=S)c1. The van der Waals surface area contributed by atoms with Gasteiger partial charge < -0.3 is 0 Å². The lowest BCUT2D eigenvalue weighted by Crippen LogP contribution is -2.10. The van der Waals surface area contributed by atoms with E-state index in [1.54, 1.807) is 10.6 Å². The average Bonchev–Trinajstić information content (AvgIpc) is 2.54. The van der Waals surface area contributed by atoms with Gasteiger partial charge in [-0.1, -0.05) is 46.3 Å². The van der Waals surface area contributed by atoms with E-state index in [2.05, 4.69) is 20.9 Å². The largest absolute Gasteiger partial charge is 0.416 e. The Kier molecular flexibility index (Phi) is 4.25. The van der Waals surface area contributed by atoms with Gasteiger partial charge in [-0.3, -0.25) is 4.57 Å². The number of alkyl halides is 4. The van der Waals surface area contributed by atoms with Crippen molar-refractivity contribution >= 4 is 39.1 Å². The molecule has 0 radical (unpaired) electrons. The summed E-state index contributed by atoms with van der Waals surface area (Å²) in [7, 11) is 0. The first-order chi connectivity index (χ1) is 10.9. The molecule has 1 heterocycles. The summed E-state index contributed by atoms with van der Waals surface area (Å²) in [4.78, 5) is 4.49. The van der Waals surface area contributed by atoms with Gasteiger partial charge in [0.05, 0.1) is 16.4 Å². The standard InChI is InChI=1S/C16H10BrF3N2S/c17-9-14-21-13-7-2-1-6-12(13)15(23)22(14)11-5-3-4-10(8-11)16(18,19)20/h1-8H,9H2. The predicted molar refractivity (Wildman–Crippen MR) is 89.5 cm³/mol. The average molecular weight is 399 g/mol. The van der Waals surface area contributed by atoms with Crippen LogP contribution in [-0.4, -0.2) is 9.55 Å². The molecule has 0 aliphatic rings. The highest BCUT2D eigenvalue weighted by Crippen LogP contribution is 2.31. The van der Waals surface area contributed by atoms with Crippen LogP contribution in [0.15, 0.2) is 48.5 Å². The quantitative estimate of drug-likeness (QED) is 0.408. The monoisotopic (exact) mass is 398 g/mol. The smallest absolute Gasteiger partial charge is 0.288 e. The summed E-state index contributed by atoms with van der Waals surface area (Å²) < 4.78 is 40.9. The van der Waals surface area contributed by atoms with Gasteiger partial charge in [-0.05, 0) is 30.3 Å². The minimum Gasteiger partial charge on any atom is -0.288 e. The van der Waals surface area contributed by atoms with Crippen molar-refractivity contribution in [1.82, 2.24) is 9.55 Å². The Morgan fingerprint density at radius 3 is 2.52 bits per heavy atom. The van der Waals surface area contributed by atoms with Crippen molar-refractivity contribution in [3.05, 3.63) is 64.6 Å². The molecule has 0 saturated heterocycles. The minimum absolute atomic E-state index is 0.345. The highest BCUT2D eigenvalue weighted by Gasteiger charge is 2.30. The number of nitrogens with zero attached hydrogens (tertiary/aromatic N) is 2. The third-order valence-corrected chi connectivity index (χ3v) is 4.30. The second kappa shape index (κ2) is 6.05. The number of hydrogen-bond acceptors (Lipinski definition) is 2. The molecule has 23 heavy (non-hydrogen) atoms. The van der Waals surface area contributed by atoms with Gasteiger partial charge in [-0.2, -0.15) is 13.2 Å². The number of benzene rings is 2. The first-order valence-corrected chi connectivity index (χ1v) is 8.19. The molecular weight excluding hydrogens is 389 g/mol. The van der Waals surface area contributed by atoms with Gasteiger partial charge in [-0.15, -0.1) is 0 Å². The van der Waals surface area contributed by atoms with Crippen LogP contribution in [-0.2, 0) is 11.5 Å². The van der Waals surface area contributed by atoms with E-state index in [9.17, 15) is 13.2 Å². The summed E-state index contributed by atoms with van der Waals surface area (Å²) in [5, 5.41) is 1.10. The van der Waals surface area contributed by atoms with Crippen LogP contribution < -0.4 is 0 Å². The Balaban J connectivity index is 2.32. The maximum atomic E-state index is 13.0. The zero-order chi connectivity index (χ0) is 16.6. The maximum Gasteiger partial charge on any atom is 0.416 e. The van der Waals surface area contributed by atoms with Crippen molar-refractivity contribution in [2.24, 2.45) is 0 Å². The molecule has 7 heteroatoms. The summed E-state index contributed by atoms with van der Waals surface area (Å²) in [6.07, 6.45) is -4.41. The van der Waals surface area contributed by atoms with Gasteiger partial charge >= 0.3 is 6.18 Å². The highest BCUT2D eigenvalue weighted by molar-refractivity contribution is 9.08. The lowest BCUT2D eigenvalue weighted by atomic mass is 10.2. The molecule has 0 spiro atoms. The lowest BCUT2D eigenvalue weighted by Gasteiger charge is -2.15. The Labute approximate surface area is 143 Å². The van der Waals surface area contributed by atoms with Crippen LogP contribution in [0.2, 0.25) is 0 Å². The fraction of sp³-hybridized carbons (Fsp3) is 0.125. The van der Waals surface area contributed by atoms with Crippen LogP contribution in [0.25, 0.3) is 16.6 Å². The van der Waals surface area contributed by atoms with Crippen molar-refractivity contribution in [3.63, 3.8) is 0 Å². The first-order valence-electron chi connectivity index (χ1n) is 6.66. The number of para-hydroxylation sites is 1. The molecule has 0 atom stereocenters. The minimum atomic E-state index is -4.41. The van der Waals surface area contributed by atoms with E-state index < -0.39 is 11.7 Å². The Hall–Kier alpha value is -1.73. The van der Waals surface area contributed by atoms with Crippen molar-refractivity contribution < 1.29 is 13.2 Å². The molecule has 1 aromatic heterocycles. The van der Waals surface area contributed by atoms with Crippen molar-refractivity contribution in [1.29, 1.82) is 0 Å². The summed E-state index contributed by atoms with van der Waals surface area (Å²) in [6, 6.07) is 12.4. The molecule has 0 bridgehead atoms. The normalized spacial score (nSPS) is 11.8. The maximum absolute atomic E-state index is 13.0. The van der Waals surface area contributed by atoms with Gasteiger partial charge in [0.15, 0.2) is 0 Å². The van der Waals surface area contributed by atoms with Crippen LogP contribution in [0.1, 0.15) is 11.4 Å². The molecule has 0 saturated carbocycles. The van der Waals surface area contributed by atoms with Gasteiger partial charge in [0.25, 0.3) is 0 Å². The third kappa shape index (κ3) is 3.03. The molecule has 0 unspecified atom stereocenters. The molecule has 0 amide bonds. The zero-order valence-corrected chi connectivity index (χ0v) is 14.0. The molecule has 3 rings (SSSR count). The highest BCUT2D eigenvalue weighted by atomic mass is 79.9. The summed E-state index contributed by atoms with van der Waals surface area (Å²) in [5.41, 5.74) is 0.346. The van der Waals surface area contributed by atoms with Crippen molar-refractivity contribution in [3.8, 4) is 5.69 Å². The molecular formula is C16H10BrF3N2S. The molecule has 0 aliphatic heterocycles. The van der Waals surface area contributed by atoms with E-state index >= 15 is 0 Å². The lowest BCUT2D eigenvalue weighted by molar-refractivity contribution is -0.137. The third-order valence-electron chi connectivity index (χ3n) is 3.40. The van der Waals surface area contributed by atoms with Crippen LogP contribution in [0.5, 0.6) is 0 Å². The van der Waals surface area contributed by atoms with Gasteiger partial charge in [0.1, 0.15) is 10.5 Å². The molecule has 0 aliphatic carbocycles. The fourth-order valence-corrected chi connectivity index (χ4v) is 3.12. The molecule has 118 valence electrons. The zero-order valence-electron chi connectivity index (χ0n) is 11.6. The first kappa shape index (κ1) is 16.1. The number of halogens is 4. The number of fused-ring (bicyclic) bond motifs is 1. The summed E-state index contributed by atoms with van der Waals surface area (Å²) in [6.45, 7) is 0. The second-order valence-corrected chi connectivity index (χ2v) is 5.81. The van der Waals surface area contributed by atoms with E-state index in [4.69, 9.17) is 12.2 Å². The Morgan fingerprint density at radius 1 is 1.09 bits per heavy atom. The van der Waals surface area contributed by atoms with E-state index in [-0.39, 0.29) is 0 Å². The molecule has 0 fully saturated rings. The Morgan fingerprint density at radius 2 is 1.83 bits per heavy atom. The van der Waals surface area contributed by atoms with Gasteiger partial charge in [0.2, 0.25) is 0 Å². The van der Waals surface area contributed by atoms with E-state index in [0.717, 1.165) is 23.0 Å². The van der Waals surface area contributed by atoms with E-state index in [1.165, 1.54) is 6.07 Å². The molecule has 0 N–H and O–H groups in total. The number of rotatable bonds is 2. The van der Waals surface area contributed by atoms with Crippen LogP contribution >= 0.6 is 28.1 Å². The van der Waals surface area contributed by atoms with Crippen LogP contribution in [0.4, 0.5) is 13.2 Å². The number of hydrogen-bond donors (Lipinski definition) is 0. The topological polar surface area (TPSA) is 17.8 Å². The van der Waals surface area contributed by atoms with Crippen LogP contribution in [0.3, 0.4) is 0 Å². The molecule has 2 nitrogen and oxygen atoms in total.